The number of thiophene rings is 1. The Morgan fingerprint density at radius 3 is 3.32 bits per heavy atom. The van der Waals surface area contributed by atoms with Crippen molar-refractivity contribution < 1.29 is 4.79 Å². The Balaban J connectivity index is 1.77. The van der Waals surface area contributed by atoms with Crippen LogP contribution >= 0.6 is 11.3 Å². The van der Waals surface area contributed by atoms with Crippen molar-refractivity contribution in [3.63, 3.8) is 0 Å². The molecule has 0 saturated carbocycles. The molecule has 2 rings (SSSR count). The number of amides is 1. The fourth-order valence-electron chi connectivity index (χ4n) is 2.16. The first-order valence-electron chi connectivity index (χ1n) is 6.42. The van der Waals surface area contributed by atoms with E-state index in [1.165, 1.54) is 11.3 Å². The zero-order chi connectivity index (χ0) is 13.7. The highest BCUT2D eigenvalue weighted by Gasteiger charge is 2.16. The Morgan fingerprint density at radius 2 is 2.58 bits per heavy atom. The summed E-state index contributed by atoms with van der Waals surface area (Å²) < 4.78 is 0. The Morgan fingerprint density at radius 1 is 1.74 bits per heavy atom. The second kappa shape index (κ2) is 6.66. The molecule has 2 heterocycles. The van der Waals surface area contributed by atoms with Gasteiger partial charge in [0.25, 0.3) is 0 Å². The van der Waals surface area contributed by atoms with E-state index in [1.807, 2.05) is 5.38 Å². The molecule has 2 N–H and O–H groups in total. The number of piperazine rings is 1. The van der Waals surface area contributed by atoms with Gasteiger partial charge < -0.3 is 15.5 Å². The van der Waals surface area contributed by atoms with Gasteiger partial charge in [0, 0.05) is 38.6 Å². The highest BCUT2D eigenvalue weighted by Crippen LogP contribution is 2.22. The van der Waals surface area contributed by atoms with Gasteiger partial charge in [-0.3, -0.25) is 4.79 Å². The van der Waals surface area contributed by atoms with Crippen LogP contribution in [-0.4, -0.2) is 43.0 Å². The first-order valence-corrected chi connectivity index (χ1v) is 7.30. The maximum absolute atomic E-state index is 11.8. The Labute approximate surface area is 117 Å². The summed E-state index contributed by atoms with van der Waals surface area (Å²) in [6.45, 7) is 5.87. The third kappa shape index (κ3) is 4.03. The summed E-state index contributed by atoms with van der Waals surface area (Å²) in [5.41, 5.74) is 0.536. The number of carbonyl (C=O) groups is 1. The van der Waals surface area contributed by atoms with Crippen molar-refractivity contribution >= 4 is 22.2 Å². The predicted octanol–water partition coefficient (Wildman–Crippen LogP) is 1.24. The van der Waals surface area contributed by atoms with Crippen molar-refractivity contribution in [3.05, 3.63) is 17.0 Å². The minimum atomic E-state index is -0.0230. The third-order valence-electron chi connectivity index (χ3n) is 3.15. The zero-order valence-corrected chi connectivity index (χ0v) is 11.8. The van der Waals surface area contributed by atoms with Crippen molar-refractivity contribution in [2.75, 3.05) is 31.5 Å². The van der Waals surface area contributed by atoms with Crippen LogP contribution < -0.4 is 10.6 Å². The number of nitrogens with one attached hydrogen (secondary N) is 2. The van der Waals surface area contributed by atoms with Crippen LogP contribution in [0.25, 0.3) is 0 Å². The van der Waals surface area contributed by atoms with Gasteiger partial charge in [-0.1, -0.05) is 0 Å². The Hall–Kier alpha value is -1.42. The monoisotopic (exact) mass is 278 g/mol. The summed E-state index contributed by atoms with van der Waals surface area (Å²) in [6.07, 6.45) is 0.468. The molecule has 0 bridgehead atoms. The minimum Gasteiger partial charge on any atom is -0.317 e. The molecule has 1 fully saturated rings. The van der Waals surface area contributed by atoms with Crippen molar-refractivity contribution in [2.24, 2.45) is 0 Å². The first kappa shape index (κ1) is 14.0. The maximum Gasteiger partial charge on any atom is 0.226 e. The minimum absolute atomic E-state index is 0.0230. The molecule has 102 valence electrons. The standard InChI is InChI=1S/C13H18N4OS/c1-10-9-17(6-4-15-10)5-2-12(18)16-13-11(8-14)3-7-19-13/h3,7,10,15H,2,4-6,9H2,1H3,(H,16,18)/t10-/m0/s1. The fourth-order valence-corrected chi connectivity index (χ4v) is 2.91. The quantitative estimate of drug-likeness (QED) is 0.869. The van der Waals surface area contributed by atoms with Crippen molar-refractivity contribution in [1.29, 1.82) is 5.26 Å². The summed E-state index contributed by atoms with van der Waals surface area (Å²) >= 11 is 1.39. The molecular weight excluding hydrogens is 260 g/mol. The summed E-state index contributed by atoms with van der Waals surface area (Å²) in [6, 6.07) is 4.28. The van der Waals surface area contributed by atoms with Crippen LogP contribution in [0.4, 0.5) is 5.00 Å². The molecule has 0 radical (unpaired) electrons. The number of hydrogen-bond acceptors (Lipinski definition) is 5. The van der Waals surface area contributed by atoms with Gasteiger partial charge in [0.1, 0.15) is 11.1 Å². The molecule has 1 aromatic heterocycles. The molecular formula is C13H18N4OS. The number of nitrogens with zero attached hydrogens (tertiary/aromatic N) is 2. The lowest BCUT2D eigenvalue weighted by Crippen LogP contribution is -2.49. The molecule has 1 aliphatic rings. The van der Waals surface area contributed by atoms with E-state index in [4.69, 9.17) is 5.26 Å². The number of rotatable bonds is 4. The van der Waals surface area contributed by atoms with Gasteiger partial charge in [-0.2, -0.15) is 5.26 Å². The van der Waals surface area contributed by atoms with E-state index in [9.17, 15) is 4.79 Å². The number of hydrogen-bond donors (Lipinski definition) is 2. The SMILES string of the molecule is C[C@H]1CN(CCC(=O)Nc2sccc2C#N)CCN1. The van der Waals surface area contributed by atoms with Gasteiger partial charge in [0.15, 0.2) is 0 Å². The van der Waals surface area contributed by atoms with Crippen LogP contribution in [0.15, 0.2) is 11.4 Å². The molecule has 0 spiro atoms. The normalized spacial score (nSPS) is 19.9. The van der Waals surface area contributed by atoms with Crippen LogP contribution in [0.3, 0.4) is 0 Å². The number of nitriles is 1. The zero-order valence-electron chi connectivity index (χ0n) is 11.0. The lowest BCUT2D eigenvalue weighted by Gasteiger charge is -2.31. The maximum atomic E-state index is 11.8. The predicted molar refractivity (Wildman–Crippen MR) is 76.2 cm³/mol. The van der Waals surface area contributed by atoms with E-state index < -0.39 is 0 Å². The second-order valence-corrected chi connectivity index (χ2v) is 5.65. The molecule has 5 nitrogen and oxygen atoms in total. The number of anilines is 1. The largest absolute Gasteiger partial charge is 0.317 e. The highest BCUT2D eigenvalue weighted by molar-refractivity contribution is 7.14. The third-order valence-corrected chi connectivity index (χ3v) is 3.98. The molecule has 1 saturated heterocycles. The second-order valence-electron chi connectivity index (χ2n) is 4.73. The van der Waals surface area contributed by atoms with Crippen LogP contribution in [0.2, 0.25) is 0 Å². The van der Waals surface area contributed by atoms with E-state index in [2.05, 4.69) is 28.5 Å². The summed E-state index contributed by atoms with van der Waals surface area (Å²) in [5, 5.41) is 17.5. The van der Waals surface area contributed by atoms with E-state index in [0.717, 1.165) is 26.2 Å². The van der Waals surface area contributed by atoms with Gasteiger partial charge in [0.05, 0.1) is 5.56 Å². The molecule has 0 aromatic carbocycles. The van der Waals surface area contributed by atoms with E-state index >= 15 is 0 Å². The average molecular weight is 278 g/mol. The van der Waals surface area contributed by atoms with Gasteiger partial charge in [-0.15, -0.1) is 11.3 Å². The molecule has 6 heteroatoms. The molecule has 1 atom stereocenters. The van der Waals surface area contributed by atoms with Gasteiger partial charge in [-0.05, 0) is 18.4 Å². The van der Waals surface area contributed by atoms with E-state index in [0.29, 0.717) is 23.0 Å². The Bertz CT molecular complexity index is 479. The lowest BCUT2D eigenvalue weighted by atomic mass is 10.2. The van der Waals surface area contributed by atoms with E-state index in [1.54, 1.807) is 6.07 Å². The number of carbonyl (C=O) groups excluding carboxylic acids is 1. The van der Waals surface area contributed by atoms with Crippen molar-refractivity contribution in [1.82, 2.24) is 10.2 Å². The fraction of sp³-hybridized carbons (Fsp3) is 0.538. The molecule has 1 aliphatic heterocycles. The molecule has 1 aromatic rings. The van der Waals surface area contributed by atoms with Crippen LogP contribution in [-0.2, 0) is 4.79 Å². The van der Waals surface area contributed by atoms with Crippen LogP contribution in [0.1, 0.15) is 18.9 Å². The Kier molecular flexibility index (Phi) is 4.91. The van der Waals surface area contributed by atoms with Crippen molar-refractivity contribution in [2.45, 2.75) is 19.4 Å². The van der Waals surface area contributed by atoms with Crippen LogP contribution in [0.5, 0.6) is 0 Å². The molecule has 0 aliphatic carbocycles. The summed E-state index contributed by atoms with van der Waals surface area (Å²) in [7, 11) is 0. The van der Waals surface area contributed by atoms with Gasteiger partial charge in [-0.25, -0.2) is 0 Å². The first-order chi connectivity index (χ1) is 9.19. The van der Waals surface area contributed by atoms with Gasteiger partial charge >= 0.3 is 0 Å². The van der Waals surface area contributed by atoms with Gasteiger partial charge in [0.2, 0.25) is 5.91 Å². The lowest BCUT2D eigenvalue weighted by molar-refractivity contribution is -0.116. The molecule has 19 heavy (non-hydrogen) atoms. The molecule has 1 amide bonds. The van der Waals surface area contributed by atoms with Crippen molar-refractivity contribution in [3.8, 4) is 6.07 Å². The topological polar surface area (TPSA) is 68.2 Å². The molecule has 0 unspecified atom stereocenters. The average Bonchev–Trinajstić information content (AvgIpc) is 2.84. The highest BCUT2D eigenvalue weighted by atomic mass is 32.1. The summed E-state index contributed by atoms with van der Waals surface area (Å²) in [4.78, 5) is 14.1. The smallest absolute Gasteiger partial charge is 0.226 e. The van der Waals surface area contributed by atoms with E-state index in [-0.39, 0.29) is 5.91 Å². The summed E-state index contributed by atoms with van der Waals surface area (Å²) in [5.74, 6) is -0.0230. The van der Waals surface area contributed by atoms with Crippen LogP contribution in [0, 0.1) is 11.3 Å².